The average Bonchev–Trinajstić information content (AvgIpc) is 3.29. The Bertz CT molecular complexity index is 966. The molecular weight excluding hydrogens is 370 g/mol. The number of nitrogens with zero attached hydrogens (tertiary/aromatic N) is 1. The van der Waals surface area contributed by atoms with Crippen molar-refractivity contribution >= 4 is 29.7 Å². The number of imide groups is 2. The Labute approximate surface area is 158 Å². The molecule has 0 saturated carbocycles. The van der Waals surface area contributed by atoms with Gasteiger partial charge in [-0.15, -0.1) is 0 Å². The summed E-state index contributed by atoms with van der Waals surface area (Å²) >= 11 is 0. The van der Waals surface area contributed by atoms with E-state index in [1.165, 1.54) is 31.5 Å². The van der Waals surface area contributed by atoms with E-state index in [-0.39, 0.29) is 23.2 Å². The summed E-state index contributed by atoms with van der Waals surface area (Å²) in [5.74, 6) is -2.31. The molecule has 28 heavy (non-hydrogen) atoms. The molecule has 0 unspecified atom stereocenters. The molecule has 1 aromatic heterocycles. The molecule has 2 N–H and O–H groups in total. The zero-order valence-corrected chi connectivity index (χ0v) is 14.7. The summed E-state index contributed by atoms with van der Waals surface area (Å²) in [5, 5.41) is 4.12. The molecule has 5 amide bonds. The van der Waals surface area contributed by atoms with Gasteiger partial charge in [0.25, 0.3) is 17.7 Å². The van der Waals surface area contributed by atoms with Crippen LogP contribution in [0.4, 0.5) is 4.79 Å². The number of rotatable bonds is 5. The Kier molecular flexibility index (Phi) is 5.21. The molecule has 0 spiro atoms. The highest BCUT2D eigenvalue weighted by atomic mass is 16.5. The molecule has 10 nitrogen and oxygen atoms in total. The van der Waals surface area contributed by atoms with Crippen LogP contribution in [0, 0.1) is 0 Å². The fourth-order valence-corrected chi connectivity index (χ4v) is 2.56. The lowest BCUT2D eigenvalue weighted by Crippen LogP contribution is -2.39. The van der Waals surface area contributed by atoms with E-state index in [1.807, 2.05) is 5.32 Å². The Morgan fingerprint density at radius 2 is 1.86 bits per heavy atom. The van der Waals surface area contributed by atoms with Crippen LogP contribution >= 0.6 is 0 Å². The Balaban J connectivity index is 1.69. The molecule has 0 saturated heterocycles. The maximum Gasteiger partial charge on any atom is 0.338 e. The standard InChI is InChI=1S/C18H15N3O7/c1-19-18(26)20-14(22)9-28-17(25)10-4-5-12-13(7-10)16(24)21(15(12)23)8-11-3-2-6-27-11/h2-7H,8-9H2,1H3,(H2,19,20,22,26). The summed E-state index contributed by atoms with van der Waals surface area (Å²) in [5.41, 5.74) is 0.207. The number of amides is 5. The number of carbonyl (C=O) groups excluding carboxylic acids is 5. The molecule has 0 atom stereocenters. The maximum atomic E-state index is 12.5. The molecule has 2 aromatic rings. The number of benzene rings is 1. The SMILES string of the molecule is CNC(=O)NC(=O)COC(=O)c1ccc2c(c1)C(=O)N(Cc1ccco1)C2=O. The minimum absolute atomic E-state index is 0.00695. The first kappa shape index (κ1) is 18.8. The van der Waals surface area contributed by atoms with Crippen LogP contribution in [0.3, 0.4) is 0 Å². The number of furan rings is 1. The molecular formula is C18H15N3O7. The number of nitrogens with one attached hydrogen (secondary N) is 2. The van der Waals surface area contributed by atoms with Crippen LogP contribution in [0.15, 0.2) is 41.0 Å². The molecule has 0 fully saturated rings. The van der Waals surface area contributed by atoms with Gasteiger partial charge in [0.15, 0.2) is 6.61 Å². The summed E-state index contributed by atoms with van der Waals surface area (Å²) in [6.45, 7) is -0.709. The summed E-state index contributed by atoms with van der Waals surface area (Å²) < 4.78 is 9.97. The van der Waals surface area contributed by atoms with Gasteiger partial charge in [-0.25, -0.2) is 9.59 Å². The van der Waals surface area contributed by atoms with Crippen molar-refractivity contribution < 1.29 is 33.1 Å². The van der Waals surface area contributed by atoms with E-state index in [0.717, 1.165) is 4.90 Å². The third kappa shape index (κ3) is 3.75. The van der Waals surface area contributed by atoms with Crippen molar-refractivity contribution in [2.75, 3.05) is 13.7 Å². The van der Waals surface area contributed by atoms with Crippen molar-refractivity contribution in [3.05, 3.63) is 59.0 Å². The van der Waals surface area contributed by atoms with Crippen LogP contribution in [0.1, 0.15) is 36.8 Å². The number of ether oxygens (including phenoxy) is 1. The van der Waals surface area contributed by atoms with Crippen molar-refractivity contribution in [2.45, 2.75) is 6.54 Å². The number of esters is 1. The fourth-order valence-electron chi connectivity index (χ4n) is 2.56. The lowest BCUT2D eigenvalue weighted by molar-refractivity contribution is -0.123. The maximum absolute atomic E-state index is 12.5. The van der Waals surface area contributed by atoms with E-state index >= 15 is 0 Å². The van der Waals surface area contributed by atoms with Gasteiger partial charge >= 0.3 is 12.0 Å². The first-order valence-electron chi connectivity index (χ1n) is 8.12. The van der Waals surface area contributed by atoms with Gasteiger partial charge in [-0.1, -0.05) is 0 Å². The van der Waals surface area contributed by atoms with Gasteiger partial charge in [-0.2, -0.15) is 0 Å². The lowest BCUT2D eigenvalue weighted by atomic mass is 10.1. The second-order valence-electron chi connectivity index (χ2n) is 5.74. The summed E-state index contributed by atoms with van der Waals surface area (Å²) in [4.78, 5) is 60.5. The third-order valence-corrected chi connectivity index (χ3v) is 3.91. The highest BCUT2D eigenvalue weighted by molar-refractivity contribution is 6.21. The van der Waals surface area contributed by atoms with Gasteiger partial charge in [0.1, 0.15) is 5.76 Å². The van der Waals surface area contributed by atoms with Gasteiger partial charge < -0.3 is 14.5 Å². The van der Waals surface area contributed by atoms with E-state index in [2.05, 4.69) is 5.32 Å². The van der Waals surface area contributed by atoms with Gasteiger partial charge in [0.2, 0.25) is 0 Å². The molecule has 3 rings (SSSR count). The smallest absolute Gasteiger partial charge is 0.338 e. The van der Waals surface area contributed by atoms with Crippen LogP contribution in [0.2, 0.25) is 0 Å². The van der Waals surface area contributed by atoms with E-state index in [9.17, 15) is 24.0 Å². The summed E-state index contributed by atoms with van der Waals surface area (Å²) in [6.07, 6.45) is 1.43. The second-order valence-corrected chi connectivity index (χ2v) is 5.74. The minimum atomic E-state index is -0.875. The molecule has 1 aliphatic heterocycles. The normalized spacial score (nSPS) is 12.5. The first-order valence-corrected chi connectivity index (χ1v) is 8.12. The summed E-state index contributed by atoms with van der Waals surface area (Å²) in [6, 6.07) is 6.44. The number of hydrogen-bond donors (Lipinski definition) is 2. The lowest BCUT2D eigenvalue weighted by Gasteiger charge is -2.11. The second kappa shape index (κ2) is 7.74. The molecule has 144 valence electrons. The molecule has 0 radical (unpaired) electrons. The molecule has 0 aliphatic carbocycles. The van der Waals surface area contributed by atoms with Crippen LogP contribution in [0.25, 0.3) is 0 Å². The van der Waals surface area contributed by atoms with Gasteiger partial charge in [-0.3, -0.25) is 24.6 Å². The van der Waals surface area contributed by atoms with E-state index in [0.29, 0.717) is 5.76 Å². The van der Waals surface area contributed by atoms with E-state index in [1.54, 1.807) is 12.1 Å². The fraction of sp³-hybridized carbons (Fsp3) is 0.167. The van der Waals surface area contributed by atoms with Crippen molar-refractivity contribution in [2.24, 2.45) is 0 Å². The van der Waals surface area contributed by atoms with Crippen LogP contribution in [0.5, 0.6) is 0 Å². The zero-order chi connectivity index (χ0) is 20.3. The van der Waals surface area contributed by atoms with Crippen LogP contribution in [-0.4, -0.2) is 48.3 Å². The predicted molar refractivity (Wildman–Crippen MR) is 92.2 cm³/mol. The quantitative estimate of drug-likeness (QED) is 0.571. The van der Waals surface area contributed by atoms with Crippen molar-refractivity contribution in [1.82, 2.24) is 15.5 Å². The number of fused-ring (bicyclic) bond motifs is 1. The number of carbonyl (C=O) groups is 5. The zero-order valence-electron chi connectivity index (χ0n) is 14.7. The molecule has 1 aliphatic rings. The number of hydrogen-bond acceptors (Lipinski definition) is 7. The molecule has 10 heteroatoms. The molecule has 2 heterocycles. The highest BCUT2D eigenvalue weighted by Crippen LogP contribution is 2.26. The minimum Gasteiger partial charge on any atom is -0.467 e. The highest BCUT2D eigenvalue weighted by Gasteiger charge is 2.36. The largest absolute Gasteiger partial charge is 0.467 e. The third-order valence-electron chi connectivity index (χ3n) is 3.91. The Hall–Kier alpha value is -3.95. The average molecular weight is 385 g/mol. The molecule has 0 bridgehead atoms. The van der Waals surface area contributed by atoms with E-state index < -0.39 is 36.3 Å². The topological polar surface area (TPSA) is 135 Å². The molecule has 1 aromatic carbocycles. The van der Waals surface area contributed by atoms with Gasteiger partial charge in [0, 0.05) is 7.05 Å². The van der Waals surface area contributed by atoms with Gasteiger partial charge in [0.05, 0.1) is 29.5 Å². The van der Waals surface area contributed by atoms with Crippen molar-refractivity contribution in [3.8, 4) is 0 Å². The van der Waals surface area contributed by atoms with Crippen molar-refractivity contribution in [3.63, 3.8) is 0 Å². The van der Waals surface area contributed by atoms with Crippen LogP contribution < -0.4 is 10.6 Å². The summed E-state index contributed by atoms with van der Waals surface area (Å²) in [7, 11) is 1.33. The monoisotopic (exact) mass is 385 g/mol. The first-order chi connectivity index (χ1) is 13.4. The van der Waals surface area contributed by atoms with Crippen LogP contribution in [-0.2, 0) is 16.1 Å². The predicted octanol–water partition coefficient (Wildman–Crippen LogP) is 0.688. The van der Waals surface area contributed by atoms with E-state index in [4.69, 9.17) is 9.15 Å². The Morgan fingerprint density at radius 3 is 2.54 bits per heavy atom. The van der Waals surface area contributed by atoms with Gasteiger partial charge in [-0.05, 0) is 30.3 Å². The number of urea groups is 1. The Morgan fingerprint density at radius 1 is 1.11 bits per heavy atom. The van der Waals surface area contributed by atoms with Crippen molar-refractivity contribution in [1.29, 1.82) is 0 Å².